The Morgan fingerprint density at radius 3 is 2.61 bits per heavy atom. The molecule has 1 amide bonds. The number of unbranched alkanes of at least 4 members (excludes halogenated alkanes) is 1. The molecule has 0 fully saturated rings. The Morgan fingerprint density at radius 1 is 1.03 bits per heavy atom. The molecule has 3 aromatic rings. The van der Waals surface area contributed by atoms with E-state index in [1.807, 2.05) is 60.8 Å². The number of benzene rings is 2. The lowest BCUT2D eigenvalue weighted by molar-refractivity contribution is 0.102. The summed E-state index contributed by atoms with van der Waals surface area (Å²) in [5, 5.41) is 3.87. The fourth-order valence-corrected chi connectivity index (χ4v) is 5.35. The van der Waals surface area contributed by atoms with Crippen LogP contribution in [0.15, 0.2) is 59.6 Å². The minimum absolute atomic E-state index is 0.0705. The van der Waals surface area contributed by atoms with Gasteiger partial charge in [-0.2, -0.15) is 0 Å². The number of carbonyl (C=O) groups excluding carboxylic acids is 1. The minimum atomic E-state index is -0.0705. The molecule has 0 atom stereocenters. The Morgan fingerprint density at radius 2 is 1.79 bits per heavy atom. The monoisotopic (exact) mass is 460 g/mol. The molecule has 33 heavy (non-hydrogen) atoms. The normalized spacial score (nSPS) is 13.8. The molecule has 1 N–H and O–H groups in total. The number of hydrogen-bond acceptors (Lipinski definition) is 4. The van der Waals surface area contributed by atoms with Crippen molar-refractivity contribution in [1.82, 2.24) is 0 Å². The molecule has 4 rings (SSSR count). The highest BCUT2D eigenvalue weighted by molar-refractivity contribution is 7.16. The summed E-state index contributed by atoms with van der Waals surface area (Å²) >= 11 is 1.67. The van der Waals surface area contributed by atoms with E-state index in [1.165, 1.54) is 29.7 Å². The molecule has 2 aromatic carbocycles. The number of fused-ring (bicyclic) bond motifs is 1. The molecule has 0 saturated carbocycles. The van der Waals surface area contributed by atoms with Gasteiger partial charge in [-0.3, -0.25) is 4.79 Å². The van der Waals surface area contributed by atoms with E-state index in [0.29, 0.717) is 6.61 Å². The van der Waals surface area contributed by atoms with Crippen LogP contribution in [0, 0.1) is 0 Å². The summed E-state index contributed by atoms with van der Waals surface area (Å²) in [5.74, 6) is 0.763. The molecule has 0 radical (unpaired) electrons. The van der Waals surface area contributed by atoms with Crippen LogP contribution in [0.2, 0.25) is 0 Å². The van der Waals surface area contributed by atoms with Crippen molar-refractivity contribution in [2.75, 3.05) is 11.9 Å². The van der Waals surface area contributed by atoms with Gasteiger partial charge in [0.05, 0.1) is 12.2 Å². The van der Waals surface area contributed by atoms with Gasteiger partial charge >= 0.3 is 0 Å². The highest BCUT2D eigenvalue weighted by Gasteiger charge is 2.24. The highest BCUT2D eigenvalue weighted by Crippen LogP contribution is 2.39. The van der Waals surface area contributed by atoms with Crippen LogP contribution < -0.4 is 10.1 Å². The Bertz CT molecular complexity index is 1090. The maximum atomic E-state index is 13.4. The van der Waals surface area contributed by atoms with Gasteiger partial charge in [0.2, 0.25) is 0 Å². The third-order valence-corrected chi connectivity index (χ3v) is 7.11. The molecule has 0 aliphatic heterocycles. The van der Waals surface area contributed by atoms with Crippen molar-refractivity contribution in [3.8, 4) is 5.75 Å². The molecule has 0 bridgehead atoms. The zero-order valence-electron chi connectivity index (χ0n) is 19.3. The number of aryl methyl sites for hydroxylation is 1. The summed E-state index contributed by atoms with van der Waals surface area (Å²) in [6.07, 6.45) is 10.7. The second kappa shape index (κ2) is 11.8. The van der Waals surface area contributed by atoms with Crippen LogP contribution in [0.5, 0.6) is 5.75 Å². The van der Waals surface area contributed by atoms with Gasteiger partial charge in [-0.1, -0.05) is 56.5 Å². The molecule has 172 valence electrons. The maximum Gasteiger partial charge on any atom is 0.259 e. The van der Waals surface area contributed by atoms with E-state index in [-0.39, 0.29) is 5.91 Å². The zero-order valence-corrected chi connectivity index (χ0v) is 20.1. The van der Waals surface area contributed by atoms with Crippen LogP contribution >= 0.6 is 11.3 Å². The van der Waals surface area contributed by atoms with Crippen molar-refractivity contribution in [1.29, 1.82) is 0 Å². The number of hydrogen-bond donors (Lipinski definition) is 1. The molecule has 4 nitrogen and oxygen atoms in total. The number of amides is 1. The van der Waals surface area contributed by atoms with E-state index in [4.69, 9.17) is 9.73 Å². The summed E-state index contributed by atoms with van der Waals surface area (Å²) in [6, 6.07) is 17.6. The summed E-state index contributed by atoms with van der Waals surface area (Å²) in [7, 11) is 0. The number of carbonyl (C=O) groups is 1. The minimum Gasteiger partial charge on any atom is -0.493 e. The van der Waals surface area contributed by atoms with Crippen LogP contribution in [0.1, 0.15) is 71.8 Å². The number of nitrogens with zero attached hydrogens (tertiary/aromatic N) is 1. The Balaban J connectivity index is 1.66. The zero-order chi connectivity index (χ0) is 22.9. The van der Waals surface area contributed by atoms with Gasteiger partial charge < -0.3 is 10.1 Å². The lowest BCUT2D eigenvalue weighted by Crippen LogP contribution is -2.14. The first-order chi connectivity index (χ1) is 16.3. The average Bonchev–Trinajstić information content (AvgIpc) is 3.15. The van der Waals surface area contributed by atoms with Gasteiger partial charge in [0.25, 0.3) is 5.91 Å². The van der Waals surface area contributed by atoms with Gasteiger partial charge in [-0.25, -0.2) is 4.99 Å². The summed E-state index contributed by atoms with van der Waals surface area (Å²) in [6.45, 7) is 2.85. The van der Waals surface area contributed by atoms with Crippen molar-refractivity contribution >= 4 is 34.1 Å². The topological polar surface area (TPSA) is 50.7 Å². The van der Waals surface area contributed by atoms with E-state index in [0.717, 1.165) is 59.7 Å². The van der Waals surface area contributed by atoms with Crippen LogP contribution in [-0.2, 0) is 12.8 Å². The first-order valence-electron chi connectivity index (χ1n) is 12.0. The van der Waals surface area contributed by atoms with Crippen molar-refractivity contribution < 1.29 is 9.53 Å². The van der Waals surface area contributed by atoms with Crippen molar-refractivity contribution in [3.63, 3.8) is 0 Å². The standard InChI is InChI=1S/C28H32N2O2S/c1-2-3-19-32-24-17-12-11-13-21(24)20-29-28-26(27(31)30-22-14-7-6-8-15-22)23-16-9-4-5-10-18-25(23)33-28/h6-8,11-15,17,20H,2-5,9-10,16,18-19H2,1H3,(H,30,31). The first kappa shape index (κ1) is 23.2. The molecular weight excluding hydrogens is 428 g/mol. The van der Waals surface area contributed by atoms with E-state index in [9.17, 15) is 4.79 Å². The number of ether oxygens (including phenoxy) is 1. The van der Waals surface area contributed by atoms with E-state index in [1.54, 1.807) is 11.3 Å². The second-order valence-electron chi connectivity index (χ2n) is 8.42. The van der Waals surface area contributed by atoms with Gasteiger partial charge in [0.15, 0.2) is 0 Å². The molecule has 1 aliphatic carbocycles. The van der Waals surface area contributed by atoms with Crippen molar-refractivity contribution in [3.05, 3.63) is 76.2 Å². The van der Waals surface area contributed by atoms with Gasteiger partial charge in [0.1, 0.15) is 10.8 Å². The molecule has 0 spiro atoms. The number of para-hydroxylation sites is 2. The lowest BCUT2D eigenvalue weighted by Gasteiger charge is -2.12. The summed E-state index contributed by atoms with van der Waals surface area (Å²) in [5.41, 5.74) is 3.66. The smallest absolute Gasteiger partial charge is 0.259 e. The number of thiophene rings is 1. The second-order valence-corrected chi connectivity index (χ2v) is 9.50. The summed E-state index contributed by atoms with van der Waals surface area (Å²) in [4.78, 5) is 19.6. The average molecular weight is 461 g/mol. The predicted octanol–water partition coefficient (Wildman–Crippen LogP) is 7.59. The van der Waals surface area contributed by atoms with E-state index in [2.05, 4.69) is 12.2 Å². The fourth-order valence-electron chi connectivity index (χ4n) is 4.12. The van der Waals surface area contributed by atoms with Gasteiger partial charge in [-0.15, -0.1) is 11.3 Å². The maximum absolute atomic E-state index is 13.4. The molecular formula is C28H32N2O2S. The molecule has 5 heteroatoms. The number of rotatable bonds is 8. The van der Waals surface area contributed by atoms with Gasteiger partial charge in [-0.05, 0) is 61.9 Å². The van der Waals surface area contributed by atoms with Crippen LogP contribution in [0.3, 0.4) is 0 Å². The molecule has 1 heterocycles. The highest BCUT2D eigenvalue weighted by atomic mass is 32.1. The Kier molecular flexibility index (Phi) is 8.31. The quantitative estimate of drug-likeness (QED) is 0.278. The lowest BCUT2D eigenvalue weighted by atomic mass is 9.96. The number of anilines is 1. The van der Waals surface area contributed by atoms with Crippen LogP contribution in [-0.4, -0.2) is 18.7 Å². The van der Waals surface area contributed by atoms with Crippen LogP contribution in [0.4, 0.5) is 10.7 Å². The molecule has 1 aromatic heterocycles. The molecule has 1 aliphatic rings. The number of nitrogens with one attached hydrogen (secondary N) is 1. The van der Waals surface area contributed by atoms with Gasteiger partial charge in [0, 0.05) is 22.3 Å². The molecule has 0 unspecified atom stereocenters. The summed E-state index contributed by atoms with van der Waals surface area (Å²) < 4.78 is 5.97. The predicted molar refractivity (Wildman–Crippen MR) is 139 cm³/mol. The van der Waals surface area contributed by atoms with E-state index < -0.39 is 0 Å². The Hall–Kier alpha value is -2.92. The van der Waals surface area contributed by atoms with Crippen molar-refractivity contribution in [2.24, 2.45) is 4.99 Å². The Labute approximate surface area is 200 Å². The fraction of sp³-hybridized carbons (Fsp3) is 0.357. The third-order valence-electron chi connectivity index (χ3n) is 5.91. The van der Waals surface area contributed by atoms with E-state index >= 15 is 0 Å². The largest absolute Gasteiger partial charge is 0.493 e. The third kappa shape index (κ3) is 6.11. The SMILES string of the molecule is CCCCOc1ccccc1C=Nc1sc2c(c1C(=O)Nc1ccccc1)CCCCCC2. The first-order valence-corrected chi connectivity index (χ1v) is 12.8. The number of aliphatic imine (C=N–C) groups is 1. The van der Waals surface area contributed by atoms with Crippen LogP contribution in [0.25, 0.3) is 0 Å². The van der Waals surface area contributed by atoms with Crippen molar-refractivity contribution in [2.45, 2.75) is 58.3 Å². The molecule has 0 saturated heterocycles.